The molecular formula is C16H22Cl2N2O. The molecule has 0 saturated carbocycles. The van der Waals surface area contributed by atoms with Gasteiger partial charge in [-0.05, 0) is 43.7 Å². The summed E-state index contributed by atoms with van der Waals surface area (Å²) < 4.78 is 0. The van der Waals surface area contributed by atoms with Gasteiger partial charge in [0.05, 0.1) is 6.54 Å². The summed E-state index contributed by atoms with van der Waals surface area (Å²) in [6, 6.07) is 5.50. The minimum atomic E-state index is 0.215. The third-order valence-corrected chi connectivity index (χ3v) is 4.18. The molecular weight excluding hydrogens is 307 g/mol. The molecule has 1 aromatic rings. The first-order chi connectivity index (χ1) is 10.0. The van der Waals surface area contributed by atoms with Crippen LogP contribution >= 0.6 is 23.2 Å². The van der Waals surface area contributed by atoms with E-state index in [1.54, 1.807) is 6.07 Å². The summed E-state index contributed by atoms with van der Waals surface area (Å²) in [5, 5.41) is 1.26. The Bertz CT molecular complexity index is 465. The molecule has 0 aromatic heterocycles. The normalized spacial score (nSPS) is 16.1. The molecule has 21 heavy (non-hydrogen) atoms. The SMILES string of the molecule is CN(CC(=O)N1CCCCCC1)Cc1cc(Cl)cc(Cl)c1. The Morgan fingerprint density at radius 2 is 1.67 bits per heavy atom. The molecule has 0 spiro atoms. The highest BCUT2D eigenvalue weighted by Crippen LogP contribution is 2.20. The smallest absolute Gasteiger partial charge is 0.236 e. The van der Waals surface area contributed by atoms with Crippen molar-refractivity contribution in [2.75, 3.05) is 26.7 Å². The first-order valence-corrected chi connectivity index (χ1v) is 8.21. The molecule has 0 N–H and O–H groups in total. The summed E-state index contributed by atoms with van der Waals surface area (Å²) in [5.41, 5.74) is 1.03. The molecule has 0 radical (unpaired) electrons. The molecule has 5 heteroatoms. The van der Waals surface area contributed by atoms with Crippen LogP contribution in [-0.4, -0.2) is 42.4 Å². The van der Waals surface area contributed by atoms with Gasteiger partial charge in [0.25, 0.3) is 0 Å². The number of likely N-dealkylation sites (N-methyl/N-ethyl adjacent to an activating group) is 1. The van der Waals surface area contributed by atoms with Gasteiger partial charge in [-0.25, -0.2) is 0 Å². The fraction of sp³-hybridized carbons (Fsp3) is 0.562. The van der Waals surface area contributed by atoms with E-state index in [2.05, 4.69) is 0 Å². The molecule has 116 valence electrons. The first kappa shape index (κ1) is 16.6. The molecule has 0 atom stereocenters. The molecule has 1 aliphatic heterocycles. The van der Waals surface area contributed by atoms with Crippen molar-refractivity contribution < 1.29 is 4.79 Å². The molecule has 1 saturated heterocycles. The van der Waals surface area contributed by atoms with Crippen LogP contribution in [0.2, 0.25) is 10.0 Å². The zero-order valence-corrected chi connectivity index (χ0v) is 14.0. The van der Waals surface area contributed by atoms with Crippen molar-refractivity contribution in [1.82, 2.24) is 9.80 Å². The van der Waals surface area contributed by atoms with E-state index < -0.39 is 0 Å². The van der Waals surface area contributed by atoms with E-state index in [0.29, 0.717) is 23.1 Å². The van der Waals surface area contributed by atoms with Crippen molar-refractivity contribution in [2.24, 2.45) is 0 Å². The zero-order valence-electron chi connectivity index (χ0n) is 12.4. The number of hydrogen-bond acceptors (Lipinski definition) is 2. The van der Waals surface area contributed by atoms with Crippen molar-refractivity contribution in [1.29, 1.82) is 0 Å². The number of likely N-dealkylation sites (tertiary alicyclic amines) is 1. The monoisotopic (exact) mass is 328 g/mol. The lowest BCUT2D eigenvalue weighted by molar-refractivity contribution is -0.132. The zero-order chi connectivity index (χ0) is 15.2. The molecule has 1 fully saturated rings. The fourth-order valence-electron chi connectivity index (χ4n) is 2.72. The highest BCUT2D eigenvalue weighted by atomic mass is 35.5. The van der Waals surface area contributed by atoms with Gasteiger partial charge in [-0.15, -0.1) is 0 Å². The summed E-state index contributed by atoms with van der Waals surface area (Å²) in [6.45, 7) is 2.90. The predicted octanol–water partition coefficient (Wildman–Crippen LogP) is 3.83. The number of hydrogen-bond donors (Lipinski definition) is 0. The van der Waals surface area contributed by atoms with Crippen LogP contribution in [0.25, 0.3) is 0 Å². The van der Waals surface area contributed by atoms with E-state index >= 15 is 0 Å². The van der Waals surface area contributed by atoms with Gasteiger partial charge in [0.2, 0.25) is 5.91 Å². The van der Waals surface area contributed by atoms with E-state index in [4.69, 9.17) is 23.2 Å². The number of nitrogens with zero attached hydrogens (tertiary/aromatic N) is 2. The Balaban J connectivity index is 1.88. The van der Waals surface area contributed by atoms with Gasteiger partial charge in [0, 0.05) is 29.7 Å². The second-order valence-corrected chi connectivity index (χ2v) is 6.62. The standard InChI is InChI=1S/C16H22Cl2N2O/c1-19(11-13-8-14(17)10-15(18)9-13)12-16(21)20-6-4-2-3-5-7-20/h8-10H,2-7,11-12H2,1H3. The Morgan fingerprint density at radius 1 is 1.10 bits per heavy atom. The van der Waals surface area contributed by atoms with Crippen LogP contribution in [-0.2, 0) is 11.3 Å². The third kappa shape index (κ3) is 5.50. The molecule has 0 aliphatic carbocycles. The quantitative estimate of drug-likeness (QED) is 0.838. The molecule has 3 nitrogen and oxygen atoms in total. The van der Waals surface area contributed by atoms with Gasteiger partial charge in [0.1, 0.15) is 0 Å². The maximum absolute atomic E-state index is 12.3. The minimum Gasteiger partial charge on any atom is -0.342 e. The lowest BCUT2D eigenvalue weighted by Gasteiger charge is -2.24. The number of halogens is 2. The van der Waals surface area contributed by atoms with Gasteiger partial charge in [-0.2, -0.15) is 0 Å². The number of amides is 1. The topological polar surface area (TPSA) is 23.6 Å². The van der Waals surface area contributed by atoms with Crippen LogP contribution < -0.4 is 0 Å². The largest absolute Gasteiger partial charge is 0.342 e. The lowest BCUT2D eigenvalue weighted by Crippen LogP contribution is -2.39. The summed E-state index contributed by atoms with van der Waals surface area (Å²) >= 11 is 12.0. The maximum Gasteiger partial charge on any atom is 0.236 e. The molecule has 0 bridgehead atoms. The Labute approximate surface area is 136 Å². The van der Waals surface area contributed by atoms with Crippen LogP contribution in [0.15, 0.2) is 18.2 Å². The van der Waals surface area contributed by atoms with Crippen molar-refractivity contribution >= 4 is 29.1 Å². The maximum atomic E-state index is 12.3. The second-order valence-electron chi connectivity index (χ2n) is 5.74. The van der Waals surface area contributed by atoms with Crippen molar-refractivity contribution in [3.63, 3.8) is 0 Å². The van der Waals surface area contributed by atoms with E-state index in [1.165, 1.54) is 12.8 Å². The van der Waals surface area contributed by atoms with E-state index in [1.807, 2.05) is 29.0 Å². The average Bonchev–Trinajstić information content (AvgIpc) is 2.65. The van der Waals surface area contributed by atoms with Crippen LogP contribution in [0.5, 0.6) is 0 Å². The minimum absolute atomic E-state index is 0.215. The molecule has 1 aromatic carbocycles. The summed E-state index contributed by atoms with van der Waals surface area (Å²) in [5.74, 6) is 0.215. The van der Waals surface area contributed by atoms with Crippen LogP contribution in [0.3, 0.4) is 0 Å². The van der Waals surface area contributed by atoms with Gasteiger partial charge in [0.15, 0.2) is 0 Å². The molecule has 0 unspecified atom stereocenters. The summed E-state index contributed by atoms with van der Waals surface area (Å²) in [6.07, 6.45) is 4.72. The Kier molecular flexibility index (Phi) is 6.34. The molecule has 2 rings (SSSR count). The third-order valence-electron chi connectivity index (χ3n) is 3.74. The van der Waals surface area contributed by atoms with Gasteiger partial charge < -0.3 is 4.90 Å². The van der Waals surface area contributed by atoms with Crippen molar-refractivity contribution in [3.8, 4) is 0 Å². The number of rotatable bonds is 4. The predicted molar refractivity (Wildman–Crippen MR) is 87.8 cm³/mol. The van der Waals surface area contributed by atoms with Crippen LogP contribution in [0, 0.1) is 0 Å². The van der Waals surface area contributed by atoms with Crippen molar-refractivity contribution in [2.45, 2.75) is 32.2 Å². The van der Waals surface area contributed by atoms with Crippen LogP contribution in [0.4, 0.5) is 0 Å². The number of benzene rings is 1. The number of carbonyl (C=O) groups is 1. The van der Waals surface area contributed by atoms with Gasteiger partial charge in [-0.1, -0.05) is 36.0 Å². The van der Waals surface area contributed by atoms with Gasteiger partial charge in [-0.3, -0.25) is 9.69 Å². The van der Waals surface area contributed by atoms with E-state index in [-0.39, 0.29) is 5.91 Å². The molecule has 1 heterocycles. The molecule has 1 aliphatic rings. The van der Waals surface area contributed by atoms with Crippen LogP contribution in [0.1, 0.15) is 31.2 Å². The summed E-state index contributed by atoms with van der Waals surface area (Å²) in [7, 11) is 1.95. The summed E-state index contributed by atoms with van der Waals surface area (Å²) in [4.78, 5) is 16.3. The second kappa shape index (κ2) is 8.02. The Morgan fingerprint density at radius 3 is 2.24 bits per heavy atom. The highest BCUT2D eigenvalue weighted by Gasteiger charge is 2.17. The lowest BCUT2D eigenvalue weighted by atomic mass is 10.2. The highest BCUT2D eigenvalue weighted by molar-refractivity contribution is 6.34. The average molecular weight is 329 g/mol. The van der Waals surface area contributed by atoms with E-state index in [0.717, 1.165) is 31.5 Å². The fourth-order valence-corrected chi connectivity index (χ4v) is 3.29. The Hall–Kier alpha value is -0.770. The van der Waals surface area contributed by atoms with E-state index in [9.17, 15) is 4.79 Å². The van der Waals surface area contributed by atoms with Crippen molar-refractivity contribution in [3.05, 3.63) is 33.8 Å². The first-order valence-electron chi connectivity index (χ1n) is 7.46. The number of carbonyl (C=O) groups excluding carboxylic acids is 1. The van der Waals surface area contributed by atoms with Gasteiger partial charge >= 0.3 is 0 Å². The molecule has 1 amide bonds.